The summed E-state index contributed by atoms with van der Waals surface area (Å²) >= 11 is 3.81. The molecule has 0 saturated carbocycles. The molecule has 0 unspecified atom stereocenters. The zero-order valence-corrected chi connectivity index (χ0v) is 34.2. The van der Waals surface area contributed by atoms with Gasteiger partial charge in [0.2, 0.25) is 0 Å². The molecule has 0 bridgehead atoms. The van der Waals surface area contributed by atoms with Crippen LogP contribution in [-0.2, 0) is 9.59 Å². The second-order valence-electron chi connectivity index (χ2n) is 14.1. The molecular formula is C42H84O4S2. The molecule has 0 aliphatic carbocycles. The smallest absolute Gasteiger partial charge is 0.305 e. The number of carboxylic acids is 2. The van der Waals surface area contributed by atoms with Crippen molar-refractivity contribution in [1.82, 2.24) is 0 Å². The molecule has 0 amide bonds. The molecule has 2 N–H and O–H groups in total. The van der Waals surface area contributed by atoms with E-state index in [1.54, 1.807) is 6.92 Å². The summed E-state index contributed by atoms with van der Waals surface area (Å²) in [6, 6.07) is 0. The number of hydrogen-bond acceptors (Lipinski definition) is 4. The highest BCUT2D eigenvalue weighted by molar-refractivity contribution is 8.17. The topological polar surface area (TPSA) is 74.6 Å². The first-order chi connectivity index (χ1) is 23.5. The Bertz CT molecular complexity index is 593. The predicted octanol–water partition coefficient (Wildman–Crippen LogP) is 15.3. The third-order valence-electron chi connectivity index (χ3n) is 9.25. The van der Waals surface area contributed by atoms with Crippen LogP contribution in [0.15, 0.2) is 0 Å². The largest absolute Gasteiger partial charge is 0.481 e. The van der Waals surface area contributed by atoms with Crippen LogP contribution < -0.4 is 0 Å². The van der Waals surface area contributed by atoms with Crippen molar-refractivity contribution in [3.63, 3.8) is 0 Å². The van der Waals surface area contributed by atoms with Crippen molar-refractivity contribution >= 4 is 35.5 Å². The quantitative estimate of drug-likeness (QED) is 0.0487. The Kier molecular flexibility index (Phi) is 46.3. The summed E-state index contributed by atoms with van der Waals surface area (Å²) in [7, 11) is 0. The summed E-state index contributed by atoms with van der Waals surface area (Å²) in [5, 5.41) is 17.1. The molecule has 4 nitrogen and oxygen atoms in total. The lowest BCUT2D eigenvalue weighted by Gasteiger charge is -2.14. The van der Waals surface area contributed by atoms with E-state index in [2.05, 4.69) is 13.8 Å². The van der Waals surface area contributed by atoms with E-state index in [1.807, 2.05) is 23.5 Å². The Morgan fingerprint density at radius 1 is 0.375 bits per heavy atom. The van der Waals surface area contributed by atoms with Crippen molar-refractivity contribution in [2.45, 2.75) is 244 Å². The van der Waals surface area contributed by atoms with Gasteiger partial charge in [0.05, 0.1) is 11.0 Å². The van der Waals surface area contributed by atoms with Crippen LogP contribution >= 0.6 is 23.5 Å². The van der Waals surface area contributed by atoms with Gasteiger partial charge in [0, 0.05) is 6.42 Å². The summed E-state index contributed by atoms with van der Waals surface area (Å²) in [5.41, 5.74) is 0. The molecule has 0 aliphatic heterocycles. The Labute approximate surface area is 309 Å². The summed E-state index contributed by atoms with van der Waals surface area (Å²) in [6.07, 6.45) is 45.4. The molecule has 0 aromatic rings. The molecule has 0 fully saturated rings. The molecule has 0 saturated heterocycles. The van der Waals surface area contributed by atoms with Gasteiger partial charge in [-0.1, -0.05) is 213 Å². The Balaban J connectivity index is 0. The third-order valence-corrected chi connectivity index (χ3v) is 12.2. The average molecular weight is 717 g/mol. The van der Waals surface area contributed by atoms with Gasteiger partial charge in [-0.25, -0.2) is 0 Å². The number of unbranched alkanes of at least 4 members (excludes halogenated alkanes) is 30. The van der Waals surface area contributed by atoms with Gasteiger partial charge in [0.25, 0.3) is 0 Å². The number of carbonyl (C=O) groups is 2. The van der Waals surface area contributed by atoms with Gasteiger partial charge in [-0.2, -0.15) is 0 Å². The Morgan fingerprint density at radius 2 is 0.583 bits per heavy atom. The fraction of sp³-hybridized carbons (Fsp3) is 0.952. The van der Waals surface area contributed by atoms with Gasteiger partial charge in [-0.15, -0.1) is 23.5 Å². The molecule has 0 aromatic heterocycles. The minimum Gasteiger partial charge on any atom is -0.481 e. The van der Waals surface area contributed by atoms with Crippen molar-refractivity contribution < 1.29 is 19.8 Å². The van der Waals surface area contributed by atoms with E-state index in [-0.39, 0.29) is 11.0 Å². The molecule has 0 spiro atoms. The molecule has 0 atom stereocenters. The van der Waals surface area contributed by atoms with E-state index in [9.17, 15) is 14.7 Å². The fourth-order valence-corrected chi connectivity index (χ4v) is 8.79. The second-order valence-corrected chi connectivity index (χ2v) is 17.0. The zero-order valence-electron chi connectivity index (χ0n) is 32.6. The highest BCUT2D eigenvalue weighted by Gasteiger charge is 2.14. The third kappa shape index (κ3) is 47.8. The standard InChI is InChI=1S/C39H78O2S2.C3H6O2/c1-3-5-7-9-11-13-15-17-19-21-23-25-27-29-31-33-35-42-39(37-38(40)41)43-36-34-32-30-28-26-24-22-20-18-16-14-12-10-8-6-4-2;1-2-3(4)5/h39H,3-37H2,1-2H3,(H,40,41);2H2,1H3,(H,4,5). The first-order valence-corrected chi connectivity index (χ1v) is 23.2. The number of rotatable bonds is 39. The van der Waals surface area contributed by atoms with Crippen molar-refractivity contribution in [2.24, 2.45) is 0 Å². The van der Waals surface area contributed by atoms with Gasteiger partial charge in [-0.3, -0.25) is 9.59 Å². The maximum Gasteiger partial charge on any atom is 0.305 e. The first-order valence-electron chi connectivity index (χ1n) is 21.1. The molecule has 0 heterocycles. The van der Waals surface area contributed by atoms with Gasteiger partial charge >= 0.3 is 11.9 Å². The van der Waals surface area contributed by atoms with Gasteiger partial charge in [-0.05, 0) is 24.3 Å². The van der Waals surface area contributed by atoms with Crippen LogP contribution in [-0.4, -0.2) is 38.2 Å². The maximum atomic E-state index is 11.3. The Hall–Kier alpha value is -0.360. The SMILES string of the molecule is CCC(=O)O.CCCCCCCCCCCCCCCCCCSC(CC(=O)O)SCCCCCCCCCCCCCCCCCC. The lowest BCUT2D eigenvalue weighted by Crippen LogP contribution is -2.08. The van der Waals surface area contributed by atoms with Crippen LogP contribution in [0.5, 0.6) is 0 Å². The number of carboxylic acid groups (broad SMARTS) is 2. The maximum absolute atomic E-state index is 11.3. The molecule has 48 heavy (non-hydrogen) atoms. The highest BCUT2D eigenvalue weighted by atomic mass is 32.2. The van der Waals surface area contributed by atoms with Crippen LogP contribution in [0.2, 0.25) is 0 Å². The van der Waals surface area contributed by atoms with Gasteiger partial charge in [0.15, 0.2) is 0 Å². The van der Waals surface area contributed by atoms with E-state index in [1.165, 1.54) is 205 Å². The van der Waals surface area contributed by atoms with E-state index >= 15 is 0 Å². The fourth-order valence-electron chi connectivity index (χ4n) is 6.04. The van der Waals surface area contributed by atoms with Crippen molar-refractivity contribution in [2.75, 3.05) is 11.5 Å². The lowest BCUT2D eigenvalue weighted by atomic mass is 10.0. The average Bonchev–Trinajstić information content (AvgIpc) is 3.07. The first kappa shape index (κ1) is 49.8. The number of aliphatic carboxylic acids is 2. The van der Waals surface area contributed by atoms with Crippen molar-refractivity contribution in [3.05, 3.63) is 0 Å². The minimum absolute atomic E-state index is 0.222. The Morgan fingerprint density at radius 3 is 0.771 bits per heavy atom. The summed E-state index contributed by atoms with van der Waals surface area (Å²) < 4.78 is 0.241. The monoisotopic (exact) mass is 717 g/mol. The van der Waals surface area contributed by atoms with Crippen molar-refractivity contribution in [3.8, 4) is 0 Å². The molecule has 288 valence electrons. The lowest BCUT2D eigenvalue weighted by molar-refractivity contribution is -0.137. The number of hydrogen-bond donors (Lipinski definition) is 2. The van der Waals surface area contributed by atoms with E-state index in [4.69, 9.17) is 5.11 Å². The molecule has 6 heteroatoms. The van der Waals surface area contributed by atoms with Crippen LogP contribution in [0.4, 0.5) is 0 Å². The normalized spacial score (nSPS) is 11.2. The van der Waals surface area contributed by atoms with Crippen molar-refractivity contribution in [1.29, 1.82) is 0 Å². The van der Waals surface area contributed by atoms with Crippen LogP contribution in [0.3, 0.4) is 0 Å². The molecular weight excluding hydrogens is 633 g/mol. The molecule has 0 aromatic carbocycles. The highest BCUT2D eigenvalue weighted by Crippen LogP contribution is 2.29. The van der Waals surface area contributed by atoms with Crippen LogP contribution in [0.1, 0.15) is 239 Å². The van der Waals surface area contributed by atoms with E-state index in [0.717, 1.165) is 11.5 Å². The minimum atomic E-state index is -0.745. The predicted molar refractivity (Wildman–Crippen MR) is 218 cm³/mol. The van der Waals surface area contributed by atoms with Gasteiger partial charge < -0.3 is 10.2 Å². The summed E-state index contributed by atoms with van der Waals surface area (Å²) in [6.45, 7) is 6.19. The molecule has 0 rings (SSSR count). The number of thioether (sulfide) groups is 2. The van der Waals surface area contributed by atoms with Gasteiger partial charge in [0.1, 0.15) is 0 Å². The van der Waals surface area contributed by atoms with E-state index in [0.29, 0.717) is 6.42 Å². The van der Waals surface area contributed by atoms with E-state index < -0.39 is 11.9 Å². The van der Waals surface area contributed by atoms with Crippen LogP contribution in [0.25, 0.3) is 0 Å². The molecule has 0 radical (unpaired) electrons. The molecule has 0 aliphatic rings. The summed E-state index contributed by atoms with van der Waals surface area (Å²) in [4.78, 5) is 20.7. The second kappa shape index (κ2) is 44.7. The van der Waals surface area contributed by atoms with Crippen LogP contribution in [0, 0.1) is 0 Å². The zero-order chi connectivity index (χ0) is 35.6. The summed E-state index contributed by atoms with van der Waals surface area (Å²) in [5.74, 6) is 0.874.